The molecule has 25 heavy (non-hydrogen) atoms. The summed E-state index contributed by atoms with van der Waals surface area (Å²) < 4.78 is 5.52. The second-order valence-corrected chi connectivity index (χ2v) is 6.25. The Balaban J connectivity index is 1.98. The summed E-state index contributed by atoms with van der Waals surface area (Å²) in [5.41, 5.74) is 3.99. The van der Waals surface area contributed by atoms with Gasteiger partial charge in [0.15, 0.2) is 0 Å². The minimum atomic E-state index is -0.0674. The molecular weight excluding hydrogens is 312 g/mol. The Labute approximate surface area is 150 Å². The number of nitrogens with zero attached hydrogens (tertiary/aromatic N) is 1. The van der Waals surface area contributed by atoms with Crippen LogP contribution in [0.1, 0.15) is 40.9 Å². The average molecular weight is 340 g/mol. The second kappa shape index (κ2) is 9.23. The lowest BCUT2D eigenvalue weighted by molar-refractivity contribution is 0.0950. The first-order chi connectivity index (χ1) is 12.0. The summed E-state index contributed by atoms with van der Waals surface area (Å²) in [5, 5.41) is 3.00. The average Bonchev–Trinajstić information content (AvgIpc) is 2.61. The van der Waals surface area contributed by atoms with E-state index in [1.165, 1.54) is 5.56 Å². The topological polar surface area (TPSA) is 41.6 Å². The Bertz CT molecular complexity index is 713. The van der Waals surface area contributed by atoms with Crippen LogP contribution in [0.4, 0.5) is 0 Å². The highest BCUT2D eigenvalue weighted by Gasteiger charge is 2.08. The first-order valence-corrected chi connectivity index (χ1v) is 8.81. The molecular formula is C21H28N2O2. The largest absolute Gasteiger partial charge is 0.494 e. The van der Waals surface area contributed by atoms with Crippen molar-refractivity contribution < 1.29 is 9.53 Å². The molecule has 0 spiro atoms. The van der Waals surface area contributed by atoms with Crippen LogP contribution >= 0.6 is 0 Å². The maximum absolute atomic E-state index is 12.4. The van der Waals surface area contributed by atoms with Crippen molar-refractivity contribution in [2.45, 2.75) is 33.9 Å². The number of aryl methyl sites for hydroxylation is 1. The number of hydrogen-bond donors (Lipinski definition) is 1. The van der Waals surface area contributed by atoms with E-state index in [9.17, 15) is 4.79 Å². The summed E-state index contributed by atoms with van der Waals surface area (Å²) in [6.45, 7) is 9.12. The quantitative estimate of drug-likeness (QED) is 0.795. The van der Waals surface area contributed by atoms with Crippen LogP contribution in [-0.4, -0.2) is 31.0 Å². The Hall–Kier alpha value is -2.33. The Morgan fingerprint density at radius 2 is 1.88 bits per heavy atom. The molecule has 0 aromatic heterocycles. The van der Waals surface area contributed by atoms with E-state index in [4.69, 9.17) is 4.74 Å². The van der Waals surface area contributed by atoms with Gasteiger partial charge in [0.2, 0.25) is 0 Å². The van der Waals surface area contributed by atoms with Gasteiger partial charge in [0.1, 0.15) is 5.75 Å². The highest BCUT2D eigenvalue weighted by Crippen LogP contribution is 2.19. The summed E-state index contributed by atoms with van der Waals surface area (Å²) >= 11 is 0. The molecule has 0 aliphatic heterocycles. The number of rotatable bonds is 8. The first-order valence-electron chi connectivity index (χ1n) is 8.81. The van der Waals surface area contributed by atoms with E-state index < -0.39 is 0 Å². The number of amides is 1. The molecule has 0 heterocycles. The number of benzene rings is 2. The lowest BCUT2D eigenvalue weighted by Gasteiger charge is -2.14. The zero-order chi connectivity index (χ0) is 18.2. The smallest absolute Gasteiger partial charge is 0.251 e. The van der Waals surface area contributed by atoms with Gasteiger partial charge in [-0.1, -0.05) is 31.2 Å². The summed E-state index contributed by atoms with van der Waals surface area (Å²) in [4.78, 5) is 14.6. The predicted octanol–water partition coefficient (Wildman–Crippen LogP) is 3.78. The molecule has 0 bridgehead atoms. The summed E-state index contributed by atoms with van der Waals surface area (Å²) in [6, 6.07) is 13.9. The molecule has 2 rings (SSSR count). The minimum Gasteiger partial charge on any atom is -0.494 e. The van der Waals surface area contributed by atoms with E-state index in [1.807, 2.05) is 38.1 Å². The summed E-state index contributed by atoms with van der Waals surface area (Å²) in [6.07, 6.45) is 0. The van der Waals surface area contributed by atoms with Crippen LogP contribution in [0.5, 0.6) is 5.75 Å². The molecule has 2 aromatic carbocycles. The monoisotopic (exact) mass is 340 g/mol. The van der Waals surface area contributed by atoms with Gasteiger partial charge < -0.3 is 15.0 Å². The standard InChI is InChI=1S/C21H28N2O2/c1-5-23(4)15-18-9-7-8-17(13-18)14-22-21(24)19-10-11-20(25-6-2)16(3)12-19/h7-13H,5-6,14-15H2,1-4H3,(H,22,24). The molecule has 134 valence electrons. The highest BCUT2D eigenvalue weighted by atomic mass is 16.5. The predicted molar refractivity (Wildman–Crippen MR) is 102 cm³/mol. The van der Waals surface area contributed by atoms with Crippen molar-refractivity contribution in [3.05, 3.63) is 64.7 Å². The molecule has 4 nitrogen and oxygen atoms in total. The van der Waals surface area contributed by atoms with Gasteiger partial charge >= 0.3 is 0 Å². The number of ether oxygens (including phenoxy) is 1. The van der Waals surface area contributed by atoms with E-state index in [2.05, 4.69) is 36.3 Å². The van der Waals surface area contributed by atoms with Crippen molar-refractivity contribution in [2.75, 3.05) is 20.2 Å². The molecule has 0 atom stereocenters. The van der Waals surface area contributed by atoms with E-state index in [1.54, 1.807) is 6.07 Å². The van der Waals surface area contributed by atoms with Gasteiger partial charge in [-0.05, 0) is 62.3 Å². The second-order valence-electron chi connectivity index (χ2n) is 6.25. The Morgan fingerprint density at radius 1 is 1.12 bits per heavy atom. The molecule has 0 fully saturated rings. The number of hydrogen-bond acceptors (Lipinski definition) is 3. The van der Waals surface area contributed by atoms with Gasteiger partial charge in [-0.25, -0.2) is 0 Å². The SMILES string of the molecule is CCOc1ccc(C(=O)NCc2cccc(CN(C)CC)c2)cc1C. The van der Waals surface area contributed by atoms with Gasteiger partial charge in [-0.15, -0.1) is 0 Å². The van der Waals surface area contributed by atoms with Gasteiger partial charge in [0.25, 0.3) is 5.91 Å². The maximum Gasteiger partial charge on any atom is 0.251 e. The maximum atomic E-state index is 12.4. The first kappa shape index (κ1) is 19.0. The van der Waals surface area contributed by atoms with Crippen molar-refractivity contribution in [1.29, 1.82) is 0 Å². The lowest BCUT2D eigenvalue weighted by Crippen LogP contribution is -2.23. The molecule has 1 amide bonds. The van der Waals surface area contributed by atoms with Gasteiger partial charge in [-0.2, -0.15) is 0 Å². The van der Waals surface area contributed by atoms with E-state index >= 15 is 0 Å². The normalized spacial score (nSPS) is 10.8. The zero-order valence-electron chi connectivity index (χ0n) is 15.6. The molecule has 0 radical (unpaired) electrons. The van der Waals surface area contributed by atoms with Gasteiger partial charge in [-0.3, -0.25) is 4.79 Å². The Morgan fingerprint density at radius 3 is 2.56 bits per heavy atom. The van der Waals surface area contributed by atoms with Gasteiger partial charge in [0.05, 0.1) is 6.61 Å². The molecule has 0 saturated carbocycles. The lowest BCUT2D eigenvalue weighted by atomic mass is 10.1. The van der Waals surface area contributed by atoms with Gasteiger partial charge in [0, 0.05) is 18.7 Å². The highest BCUT2D eigenvalue weighted by molar-refractivity contribution is 5.94. The minimum absolute atomic E-state index is 0.0674. The molecule has 0 aliphatic rings. The fourth-order valence-electron chi connectivity index (χ4n) is 2.65. The molecule has 0 aliphatic carbocycles. The van der Waals surface area contributed by atoms with Crippen LogP contribution in [0.15, 0.2) is 42.5 Å². The van der Waals surface area contributed by atoms with Crippen molar-refractivity contribution in [3.8, 4) is 5.75 Å². The van der Waals surface area contributed by atoms with Crippen LogP contribution in [0, 0.1) is 6.92 Å². The van der Waals surface area contributed by atoms with Crippen molar-refractivity contribution >= 4 is 5.91 Å². The van der Waals surface area contributed by atoms with Crippen LogP contribution in [0.25, 0.3) is 0 Å². The molecule has 0 saturated heterocycles. The molecule has 2 aromatic rings. The number of carbonyl (C=O) groups excluding carboxylic acids is 1. The van der Waals surface area contributed by atoms with E-state index in [0.717, 1.165) is 30.0 Å². The van der Waals surface area contributed by atoms with Crippen molar-refractivity contribution in [2.24, 2.45) is 0 Å². The van der Waals surface area contributed by atoms with Crippen LogP contribution < -0.4 is 10.1 Å². The zero-order valence-corrected chi connectivity index (χ0v) is 15.6. The molecule has 1 N–H and O–H groups in total. The van der Waals surface area contributed by atoms with Crippen LogP contribution in [0.2, 0.25) is 0 Å². The third kappa shape index (κ3) is 5.61. The van der Waals surface area contributed by atoms with E-state index in [0.29, 0.717) is 18.7 Å². The fraction of sp³-hybridized carbons (Fsp3) is 0.381. The number of carbonyl (C=O) groups is 1. The Kier molecular flexibility index (Phi) is 7.02. The summed E-state index contributed by atoms with van der Waals surface area (Å²) in [5.74, 6) is 0.758. The van der Waals surface area contributed by atoms with E-state index in [-0.39, 0.29) is 5.91 Å². The fourth-order valence-corrected chi connectivity index (χ4v) is 2.65. The summed E-state index contributed by atoms with van der Waals surface area (Å²) in [7, 11) is 2.10. The molecule has 0 unspecified atom stereocenters. The van der Waals surface area contributed by atoms with Crippen molar-refractivity contribution in [1.82, 2.24) is 10.2 Å². The van der Waals surface area contributed by atoms with Crippen molar-refractivity contribution in [3.63, 3.8) is 0 Å². The molecule has 4 heteroatoms. The van der Waals surface area contributed by atoms with Crippen LogP contribution in [0.3, 0.4) is 0 Å². The third-order valence-corrected chi connectivity index (χ3v) is 4.17. The number of nitrogens with one attached hydrogen (secondary N) is 1. The van der Waals surface area contributed by atoms with Crippen LogP contribution in [-0.2, 0) is 13.1 Å². The third-order valence-electron chi connectivity index (χ3n) is 4.17.